The lowest BCUT2D eigenvalue weighted by Crippen LogP contribution is -2.02. The van der Waals surface area contributed by atoms with E-state index in [0.29, 0.717) is 23.8 Å². The molecule has 0 saturated carbocycles. The second-order valence-electron chi connectivity index (χ2n) is 5.73. The summed E-state index contributed by atoms with van der Waals surface area (Å²) in [6.07, 6.45) is 1.43. The first-order valence-corrected chi connectivity index (χ1v) is 7.87. The highest BCUT2D eigenvalue weighted by Gasteiger charge is 2.17. The molecule has 0 spiro atoms. The van der Waals surface area contributed by atoms with Gasteiger partial charge in [-0.3, -0.25) is 0 Å². The Kier molecular flexibility index (Phi) is 3.85. The molecule has 1 N–H and O–H groups in total. The van der Waals surface area contributed by atoms with Gasteiger partial charge in [-0.15, -0.1) is 0 Å². The van der Waals surface area contributed by atoms with Gasteiger partial charge < -0.3 is 9.84 Å². The number of nitrogens with one attached hydrogen (secondary N) is 1. The highest BCUT2D eigenvalue weighted by atomic mass is 19.1. The number of hydrogen-bond acceptors (Lipinski definition) is 5. The standard InChI is InChI=1S/C19H15FN4O/c1-12-4-2-3-5-15(12)17-16-18(22-11-23-19(16)25-24-17)21-10-13-6-8-14(20)9-7-13/h2-9,11H,10H2,1H3,(H,21,22,23). The van der Waals surface area contributed by atoms with Crippen molar-refractivity contribution >= 4 is 16.9 Å². The molecule has 2 aromatic heterocycles. The van der Waals surface area contributed by atoms with E-state index in [2.05, 4.69) is 20.4 Å². The van der Waals surface area contributed by atoms with E-state index in [-0.39, 0.29) is 5.82 Å². The van der Waals surface area contributed by atoms with Crippen LogP contribution in [-0.2, 0) is 6.54 Å². The quantitative estimate of drug-likeness (QED) is 0.601. The van der Waals surface area contributed by atoms with Gasteiger partial charge in [-0.1, -0.05) is 41.6 Å². The van der Waals surface area contributed by atoms with Crippen LogP contribution in [0, 0.1) is 12.7 Å². The third kappa shape index (κ3) is 2.94. The van der Waals surface area contributed by atoms with Crippen molar-refractivity contribution in [3.05, 3.63) is 71.8 Å². The summed E-state index contributed by atoms with van der Waals surface area (Å²) in [5.41, 5.74) is 4.14. The molecular weight excluding hydrogens is 319 g/mol. The van der Waals surface area contributed by atoms with Crippen molar-refractivity contribution in [3.63, 3.8) is 0 Å². The Morgan fingerprint density at radius 3 is 2.64 bits per heavy atom. The fraction of sp³-hybridized carbons (Fsp3) is 0.105. The number of benzene rings is 2. The number of aromatic nitrogens is 3. The third-order valence-corrected chi connectivity index (χ3v) is 4.05. The van der Waals surface area contributed by atoms with E-state index in [1.165, 1.54) is 18.5 Å². The monoisotopic (exact) mass is 334 g/mol. The predicted molar refractivity (Wildman–Crippen MR) is 93.5 cm³/mol. The fourth-order valence-corrected chi connectivity index (χ4v) is 2.73. The molecule has 0 radical (unpaired) electrons. The van der Waals surface area contributed by atoms with Crippen molar-refractivity contribution in [1.82, 2.24) is 15.1 Å². The average molecular weight is 334 g/mol. The van der Waals surface area contributed by atoms with Crippen molar-refractivity contribution < 1.29 is 8.91 Å². The zero-order chi connectivity index (χ0) is 17.2. The normalized spacial score (nSPS) is 11.0. The first-order valence-electron chi connectivity index (χ1n) is 7.87. The van der Waals surface area contributed by atoms with Crippen molar-refractivity contribution in [2.24, 2.45) is 0 Å². The van der Waals surface area contributed by atoms with Crippen LogP contribution >= 0.6 is 0 Å². The molecule has 4 aromatic rings. The molecule has 2 aromatic carbocycles. The molecule has 0 aliphatic carbocycles. The number of hydrogen-bond donors (Lipinski definition) is 1. The molecular formula is C19H15FN4O. The Hall–Kier alpha value is -3.28. The summed E-state index contributed by atoms with van der Waals surface area (Å²) in [5, 5.41) is 8.19. The second kappa shape index (κ2) is 6.32. The Balaban J connectivity index is 1.73. The molecule has 0 fully saturated rings. The highest BCUT2D eigenvalue weighted by molar-refractivity contribution is 5.98. The maximum atomic E-state index is 13.0. The molecule has 25 heavy (non-hydrogen) atoms. The van der Waals surface area contributed by atoms with Crippen molar-refractivity contribution in [1.29, 1.82) is 0 Å². The summed E-state index contributed by atoms with van der Waals surface area (Å²) in [7, 11) is 0. The number of rotatable bonds is 4. The summed E-state index contributed by atoms with van der Waals surface area (Å²) in [6.45, 7) is 2.52. The molecule has 0 aliphatic rings. The number of aryl methyl sites for hydroxylation is 1. The van der Waals surface area contributed by atoms with E-state index in [1.807, 2.05) is 31.2 Å². The van der Waals surface area contributed by atoms with E-state index in [9.17, 15) is 4.39 Å². The molecule has 5 nitrogen and oxygen atoms in total. The summed E-state index contributed by atoms with van der Waals surface area (Å²) < 4.78 is 18.4. The topological polar surface area (TPSA) is 63.8 Å². The zero-order valence-corrected chi connectivity index (χ0v) is 13.5. The molecule has 0 amide bonds. The van der Waals surface area contributed by atoms with Gasteiger partial charge in [0.1, 0.15) is 29.0 Å². The highest BCUT2D eigenvalue weighted by Crippen LogP contribution is 2.32. The van der Waals surface area contributed by atoms with Crippen molar-refractivity contribution in [3.8, 4) is 11.3 Å². The van der Waals surface area contributed by atoms with Crippen LogP contribution in [0.3, 0.4) is 0 Å². The Morgan fingerprint density at radius 1 is 1.04 bits per heavy atom. The summed E-state index contributed by atoms with van der Waals surface area (Å²) >= 11 is 0. The van der Waals surface area contributed by atoms with Gasteiger partial charge >= 0.3 is 0 Å². The van der Waals surface area contributed by atoms with E-state index in [1.54, 1.807) is 12.1 Å². The molecule has 124 valence electrons. The van der Waals surface area contributed by atoms with Gasteiger partial charge in [0.15, 0.2) is 0 Å². The van der Waals surface area contributed by atoms with Gasteiger partial charge in [0, 0.05) is 12.1 Å². The molecule has 4 rings (SSSR count). The molecule has 2 heterocycles. The van der Waals surface area contributed by atoms with Gasteiger partial charge in [-0.2, -0.15) is 4.98 Å². The molecule has 0 atom stereocenters. The lowest BCUT2D eigenvalue weighted by atomic mass is 10.0. The van der Waals surface area contributed by atoms with Crippen LogP contribution in [0.5, 0.6) is 0 Å². The number of nitrogens with zero attached hydrogens (tertiary/aromatic N) is 3. The number of anilines is 1. The maximum Gasteiger partial charge on any atom is 0.263 e. The predicted octanol–water partition coefficient (Wildman–Crippen LogP) is 4.34. The van der Waals surface area contributed by atoms with Crippen LogP contribution in [0.15, 0.2) is 59.4 Å². The van der Waals surface area contributed by atoms with Crippen LogP contribution in [0.4, 0.5) is 10.2 Å². The van der Waals surface area contributed by atoms with Gasteiger partial charge in [-0.05, 0) is 30.2 Å². The largest absolute Gasteiger partial charge is 0.365 e. The van der Waals surface area contributed by atoms with Crippen LogP contribution in [0.1, 0.15) is 11.1 Å². The van der Waals surface area contributed by atoms with Gasteiger partial charge in [0.2, 0.25) is 0 Å². The first-order chi connectivity index (χ1) is 12.2. The minimum Gasteiger partial charge on any atom is -0.365 e. The van der Waals surface area contributed by atoms with Gasteiger partial charge in [-0.25, -0.2) is 9.37 Å². The number of halogens is 1. The van der Waals surface area contributed by atoms with E-state index in [0.717, 1.165) is 22.1 Å². The molecule has 6 heteroatoms. The maximum absolute atomic E-state index is 13.0. The molecule has 0 bridgehead atoms. The molecule has 0 unspecified atom stereocenters. The Morgan fingerprint density at radius 2 is 1.84 bits per heavy atom. The molecule has 0 saturated heterocycles. The van der Waals surface area contributed by atoms with Gasteiger partial charge in [0.05, 0.1) is 0 Å². The van der Waals surface area contributed by atoms with Crippen LogP contribution in [-0.4, -0.2) is 15.1 Å². The minimum absolute atomic E-state index is 0.256. The van der Waals surface area contributed by atoms with Crippen LogP contribution < -0.4 is 5.32 Å². The lowest BCUT2D eigenvalue weighted by molar-refractivity contribution is 0.451. The Bertz CT molecular complexity index is 1030. The second-order valence-corrected chi connectivity index (χ2v) is 5.73. The third-order valence-electron chi connectivity index (χ3n) is 4.05. The SMILES string of the molecule is Cc1ccccc1-c1noc2ncnc(NCc3ccc(F)cc3)c12. The first kappa shape index (κ1) is 15.3. The number of fused-ring (bicyclic) bond motifs is 1. The smallest absolute Gasteiger partial charge is 0.263 e. The van der Waals surface area contributed by atoms with E-state index < -0.39 is 0 Å². The van der Waals surface area contributed by atoms with Crippen molar-refractivity contribution in [2.75, 3.05) is 5.32 Å². The van der Waals surface area contributed by atoms with Crippen LogP contribution in [0.2, 0.25) is 0 Å². The van der Waals surface area contributed by atoms with E-state index in [4.69, 9.17) is 4.52 Å². The minimum atomic E-state index is -0.256. The lowest BCUT2D eigenvalue weighted by Gasteiger charge is -2.08. The summed E-state index contributed by atoms with van der Waals surface area (Å²) in [6, 6.07) is 14.3. The van der Waals surface area contributed by atoms with E-state index >= 15 is 0 Å². The average Bonchev–Trinajstić information content (AvgIpc) is 3.06. The molecule has 0 aliphatic heterocycles. The van der Waals surface area contributed by atoms with Crippen molar-refractivity contribution in [2.45, 2.75) is 13.5 Å². The zero-order valence-electron chi connectivity index (χ0n) is 13.5. The Labute approximate surface area is 143 Å². The summed E-state index contributed by atoms with van der Waals surface area (Å²) in [4.78, 5) is 8.49. The van der Waals surface area contributed by atoms with Gasteiger partial charge in [0.25, 0.3) is 5.71 Å². The summed E-state index contributed by atoms with van der Waals surface area (Å²) in [5.74, 6) is 0.378. The van der Waals surface area contributed by atoms with Crippen LogP contribution in [0.25, 0.3) is 22.4 Å². The fourth-order valence-electron chi connectivity index (χ4n) is 2.73.